The van der Waals surface area contributed by atoms with E-state index in [4.69, 9.17) is 16.3 Å². The molecule has 0 aliphatic carbocycles. The van der Waals surface area contributed by atoms with Gasteiger partial charge < -0.3 is 10.1 Å². The Balaban J connectivity index is 1.69. The Kier molecular flexibility index (Phi) is 4.64. The van der Waals surface area contributed by atoms with Crippen LogP contribution in [0.5, 0.6) is 0 Å². The van der Waals surface area contributed by atoms with Crippen LogP contribution in [0, 0.1) is 5.92 Å². The number of ether oxygens (including phenoxy) is 1. The van der Waals surface area contributed by atoms with E-state index in [1.54, 1.807) is 0 Å². The second-order valence-electron chi connectivity index (χ2n) is 4.35. The molecule has 0 radical (unpaired) electrons. The van der Waals surface area contributed by atoms with Crippen molar-refractivity contribution in [3.8, 4) is 0 Å². The van der Waals surface area contributed by atoms with Crippen LogP contribution in [0.15, 0.2) is 24.3 Å². The summed E-state index contributed by atoms with van der Waals surface area (Å²) in [5.41, 5.74) is 1.19. The number of benzene rings is 1. The van der Waals surface area contributed by atoms with Gasteiger partial charge in [-0.15, -0.1) is 0 Å². The molecule has 16 heavy (non-hydrogen) atoms. The van der Waals surface area contributed by atoms with Crippen molar-refractivity contribution in [2.75, 3.05) is 19.7 Å². The number of hydrogen-bond donors (Lipinski definition) is 1. The molecule has 0 bridgehead atoms. The molecule has 0 unspecified atom stereocenters. The zero-order chi connectivity index (χ0) is 11.2. The number of hydrogen-bond acceptors (Lipinski definition) is 2. The van der Waals surface area contributed by atoms with Gasteiger partial charge in [-0.25, -0.2) is 0 Å². The van der Waals surface area contributed by atoms with E-state index in [2.05, 4.69) is 5.32 Å². The van der Waals surface area contributed by atoms with Crippen molar-refractivity contribution in [2.24, 2.45) is 5.92 Å². The molecule has 0 saturated carbocycles. The van der Waals surface area contributed by atoms with Crippen LogP contribution in [-0.2, 0) is 11.3 Å². The first-order valence-corrected chi connectivity index (χ1v) is 6.25. The van der Waals surface area contributed by atoms with Gasteiger partial charge >= 0.3 is 0 Å². The Bertz CT molecular complexity index is 306. The normalized spacial score (nSPS) is 20.9. The SMILES string of the molecule is Clc1ccc(COC[C@@H]2CCCNC2)cc1. The molecule has 0 aromatic heterocycles. The summed E-state index contributed by atoms with van der Waals surface area (Å²) in [7, 11) is 0. The molecule has 1 atom stereocenters. The fourth-order valence-corrected chi connectivity index (χ4v) is 2.12. The van der Waals surface area contributed by atoms with Gasteiger partial charge in [0.2, 0.25) is 0 Å². The van der Waals surface area contributed by atoms with E-state index in [9.17, 15) is 0 Å². The highest BCUT2D eigenvalue weighted by atomic mass is 35.5. The zero-order valence-corrected chi connectivity index (χ0v) is 10.2. The van der Waals surface area contributed by atoms with Crippen molar-refractivity contribution >= 4 is 11.6 Å². The van der Waals surface area contributed by atoms with E-state index in [1.165, 1.54) is 18.4 Å². The number of piperidine rings is 1. The molecule has 88 valence electrons. The van der Waals surface area contributed by atoms with Crippen LogP contribution in [-0.4, -0.2) is 19.7 Å². The number of nitrogens with one attached hydrogen (secondary N) is 1. The summed E-state index contributed by atoms with van der Waals surface area (Å²) in [6.45, 7) is 3.80. The molecule has 1 aliphatic heterocycles. The first-order valence-electron chi connectivity index (χ1n) is 5.87. The van der Waals surface area contributed by atoms with E-state index < -0.39 is 0 Å². The fraction of sp³-hybridized carbons (Fsp3) is 0.538. The summed E-state index contributed by atoms with van der Waals surface area (Å²) in [6, 6.07) is 7.84. The monoisotopic (exact) mass is 239 g/mol. The molecule has 1 heterocycles. The molecule has 2 rings (SSSR count). The van der Waals surface area contributed by atoms with Crippen LogP contribution in [0.3, 0.4) is 0 Å². The summed E-state index contributed by atoms with van der Waals surface area (Å²) in [5.74, 6) is 0.682. The largest absolute Gasteiger partial charge is 0.376 e. The summed E-state index contributed by atoms with van der Waals surface area (Å²) in [6.07, 6.45) is 2.56. The average Bonchev–Trinajstić information content (AvgIpc) is 2.33. The molecule has 0 spiro atoms. The third-order valence-electron chi connectivity index (χ3n) is 2.93. The van der Waals surface area contributed by atoms with Gasteiger partial charge in [0.1, 0.15) is 0 Å². The van der Waals surface area contributed by atoms with Crippen molar-refractivity contribution in [3.63, 3.8) is 0 Å². The third-order valence-corrected chi connectivity index (χ3v) is 3.19. The lowest BCUT2D eigenvalue weighted by Gasteiger charge is -2.22. The molecule has 3 heteroatoms. The standard InChI is InChI=1S/C13H18ClNO/c14-13-5-3-11(4-6-13)9-16-10-12-2-1-7-15-8-12/h3-6,12,15H,1-2,7-10H2/t12-/m1/s1. The Hall–Kier alpha value is -0.570. The Labute approximate surface area is 102 Å². The average molecular weight is 240 g/mol. The lowest BCUT2D eigenvalue weighted by Crippen LogP contribution is -2.32. The van der Waals surface area contributed by atoms with E-state index in [0.29, 0.717) is 12.5 Å². The van der Waals surface area contributed by atoms with Crippen molar-refractivity contribution in [2.45, 2.75) is 19.4 Å². The lowest BCUT2D eigenvalue weighted by molar-refractivity contribution is 0.0783. The van der Waals surface area contributed by atoms with Gasteiger partial charge in [-0.05, 0) is 43.0 Å². The summed E-state index contributed by atoms with van der Waals surface area (Å²) < 4.78 is 5.72. The van der Waals surface area contributed by atoms with Crippen molar-refractivity contribution in [1.29, 1.82) is 0 Å². The summed E-state index contributed by atoms with van der Waals surface area (Å²) in [5, 5.41) is 4.17. The minimum absolute atomic E-state index is 0.682. The molecular formula is C13H18ClNO. The van der Waals surface area contributed by atoms with Crippen LogP contribution in [0.4, 0.5) is 0 Å². The quantitative estimate of drug-likeness (QED) is 0.873. The second-order valence-corrected chi connectivity index (χ2v) is 4.79. The maximum atomic E-state index is 5.82. The third kappa shape index (κ3) is 3.78. The second kappa shape index (κ2) is 6.24. The van der Waals surface area contributed by atoms with E-state index in [-0.39, 0.29) is 0 Å². The van der Waals surface area contributed by atoms with Crippen molar-refractivity contribution in [1.82, 2.24) is 5.32 Å². The van der Waals surface area contributed by atoms with Gasteiger partial charge in [0.25, 0.3) is 0 Å². The van der Waals surface area contributed by atoms with Crippen molar-refractivity contribution in [3.05, 3.63) is 34.9 Å². The highest BCUT2D eigenvalue weighted by molar-refractivity contribution is 6.30. The number of halogens is 1. The Morgan fingerprint density at radius 2 is 2.12 bits per heavy atom. The number of rotatable bonds is 4. The van der Waals surface area contributed by atoms with E-state index in [1.807, 2.05) is 24.3 Å². The van der Waals surface area contributed by atoms with Crippen LogP contribution in [0.2, 0.25) is 5.02 Å². The zero-order valence-electron chi connectivity index (χ0n) is 9.42. The maximum absolute atomic E-state index is 5.82. The van der Waals surface area contributed by atoms with Gasteiger partial charge in [0.05, 0.1) is 13.2 Å². The van der Waals surface area contributed by atoms with Gasteiger partial charge in [-0.3, -0.25) is 0 Å². The van der Waals surface area contributed by atoms with Crippen LogP contribution < -0.4 is 5.32 Å². The predicted molar refractivity (Wildman–Crippen MR) is 66.7 cm³/mol. The van der Waals surface area contributed by atoms with Gasteiger partial charge in [-0.2, -0.15) is 0 Å². The molecule has 1 aliphatic rings. The molecule has 1 N–H and O–H groups in total. The highest BCUT2D eigenvalue weighted by Gasteiger charge is 2.12. The molecule has 1 aromatic carbocycles. The minimum Gasteiger partial charge on any atom is -0.376 e. The first kappa shape index (κ1) is 11.9. The lowest BCUT2D eigenvalue weighted by atomic mass is 10.0. The van der Waals surface area contributed by atoms with Gasteiger partial charge in [0, 0.05) is 11.6 Å². The van der Waals surface area contributed by atoms with Crippen molar-refractivity contribution < 1.29 is 4.74 Å². The molecule has 1 aromatic rings. The fourth-order valence-electron chi connectivity index (χ4n) is 1.99. The summed E-state index contributed by atoms with van der Waals surface area (Å²) >= 11 is 5.82. The van der Waals surface area contributed by atoms with Crippen LogP contribution >= 0.6 is 11.6 Å². The van der Waals surface area contributed by atoms with Gasteiger partial charge in [0.15, 0.2) is 0 Å². The Morgan fingerprint density at radius 3 is 2.81 bits per heavy atom. The smallest absolute Gasteiger partial charge is 0.0717 e. The predicted octanol–water partition coefficient (Wildman–Crippen LogP) is 2.86. The summed E-state index contributed by atoms with van der Waals surface area (Å²) in [4.78, 5) is 0. The molecule has 1 fully saturated rings. The maximum Gasteiger partial charge on any atom is 0.0717 e. The van der Waals surface area contributed by atoms with Crippen LogP contribution in [0.1, 0.15) is 18.4 Å². The van der Waals surface area contributed by atoms with Crippen LogP contribution in [0.25, 0.3) is 0 Å². The molecule has 0 amide bonds. The first-order chi connectivity index (χ1) is 7.84. The topological polar surface area (TPSA) is 21.3 Å². The van der Waals surface area contributed by atoms with E-state index in [0.717, 1.165) is 24.7 Å². The van der Waals surface area contributed by atoms with E-state index >= 15 is 0 Å². The Morgan fingerprint density at radius 1 is 1.31 bits per heavy atom. The molecule has 1 saturated heterocycles. The van der Waals surface area contributed by atoms with Gasteiger partial charge in [-0.1, -0.05) is 23.7 Å². The molecular weight excluding hydrogens is 222 g/mol. The minimum atomic E-state index is 0.682. The molecule has 2 nitrogen and oxygen atoms in total. The highest BCUT2D eigenvalue weighted by Crippen LogP contribution is 2.13.